The first-order chi connectivity index (χ1) is 15.1. The van der Waals surface area contributed by atoms with Crippen LogP contribution >= 0.6 is 23.2 Å². The molecule has 31 heavy (non-hydrogen) atoms. The largest absolute Gasteiger partial charge is 0.385 e. The molecule has 9 heteroatoms. The molecule has 7 nitrogen and oxygen atoms in total. The first kappa shape index (κ1) is 22.3. The van der Waals surface area contributed by atoms with Crippen LogP contribution in [0.2, 0.25) is 10.0 Å². The lowest BCUT2D eigenvalue weighted by molar-refractivity contribution is -0.128. The number of nitrogens with one attached hydrogen (secondary N) is 3. The van der Waals surface area contributed by atoms with Crippen LogP contribution in [0.3, 0.4) is 0 Å². The van der Waals surface area contributed by atoms with E-state index in [2.05, 4.69) is 20.9 Å². The smallest absolute Gasteiger partial charge is 0.255 e. The number of halogens is 2. The quantitative estimate of drug-likeness (QED) is 0.602. The van der Waals surface area contributed by atoms with Crippen molar-refractivity contribution in [1.82, 2.24) is 10.3 Å². The Hall–Kier alpha value is -1.90. The van der Waals surface area contributed by atoms with Gasteiger partial charge in [0.2, 0.25) is 0 Å². The van der Waals surface area contributed by atoms with Gasteiger partial charge in [-0.2, -0.15) is 0 Å². The maximum absolute atomic E-state index is 12.5. The van der Waals surface area contributed by atoms with Gasteiger partial charge >= 0.3 is 0 Å². The molecule has 1 aromatic carbocycles. The number of carbonyl (C=O) groups excluding carboxylic acids is 1. The maximum Gasteiger partial charge on any atom is 0.255 e. The molecule has 2 aromatic rings. The number of hydrogen-bond acceptors (Lipinski definition) is 6. The molecular formula is C22H26Cl2N4O3. The number of rotatable bonds is 6. The molecule has 3 N–H and O–H groups in total. The van der Waals surface area contributed by atoms with Crippen molar-refractivity contribution in [2.45, 2.75) is 18.9 Å². The summed E-state index contributed by atoms with van der Waals surface area (Å²) in [7, 11) is 0. The Labute approximate surface area is 191 Å². The summed E-state index contributed by atoms with van der Waals surface area (Å²) in [4.78, 5) is 16.7. The second-order valence-corrected chi connectivity index (χ2v) is 8.55. The minimum atomic E-state index is -0.545. The summed E-state index contributed by atoms with van der Waals surface area (Å²) in [6, 6.07) is 7.51. The molecule has 1 atom stereocenters. The Morgan fingerprint density at radius 2 is 1.94 bits per heavy atom. The van der Waals surface area contributed by atoms with Crippen LogP contribution in [-0.2, 0) is 14.3 Å². The average Bonchev–Trinajstić information content (AvgIpc) is 2.81. The monoisotopic (exact) mass is 464 g/mol. The molecule has 1 aromatic heterocycles. The Morgan fingerprint density at radius 3 is 2.71 bits per heavy atom. The molecule has 1 amide bonds. The summed E-state index contributed by atoms with van der Waals surface area (Å²) in [6.07, 6.45) is 3.10. The molecule has 0 radical (unpaired) electrons. The molecule has 0 aliphatic carbocycles. The molecule has 0 spiro atoms. The van der Waals surface area contributed by atoms with Gasteiger partial charge in [-0.25, -0.2) is 4.98 Å². The van der Waals surface area contributed by atoms with E-state index in [-0.39, 0.29) is 5.91 Å². The highest BCUT2D eigenvalue weighted by molar-refractivity contribution is 6.36. The van der Waals surface area contributed by atoms with Gasteiger partial charge in [0.05, 0.1) is 11.6 Å². The summed E-state index contributed by atoms with van der Waals surface area (Å²) in [5, 5.41) is 10.5. The second kappa shape index (κ2) is 10.6. The number of ether oxygens (including phenoxy) is 2. The number of carbonyl (C=O) groups is 1. The van der Waals surface area contributed by atoms with Crippen molar-refractivity contribution in [2.75, 3.05) is 50.1 Å². The predicted octanol–water partition coefficient (Wildman–Crippen LogP) is 3.82. The molecular weight excluding hydrogens is 439 g/mol. The van der Waals surface area contributed by atoms with E-state index in [1.807, 2.05) is 18.2 Å². The Morgan fingerprint density at radius 1 is 1.13 bits per heavy atom. The van der Waals surface area contributed by atoms with E-state index >= 15 is 0 Å². The Kier molecular flexibility index (Phi) is 7.63. The summed E-state index contributed by atoms with van der Waals surface area (Å²) >= 11 is 12.9. The van der Waals surface area contributed by atoms with Crippen molar-refractivity contribution < 1.29 is 14.3 Å². The lowest BCUT2D eigenvalue weighted by Crippen LogP contribution is -2.45. The number of pyridine rings is 1. The van der Waals surface area contributed by atoms with Gasteiger partial charge in [0.15, 0.2) is 0 Å². The lowest BCUT2D eigenvalue weighted by atomic mass is 10.00. The predicted molar refractivity (Wildman–Crippen MR) is 123 cm³/mol. The van der Waals surface area contributed by atoms with Gasteiger partial charge in [0.1, 0.15) is 11.9 Å². The number of benzene rings is 1. The Bertz CT molecular complexity index is 916. The van der Waals surface area contributed by atoms with Crippen LogP contribution in [-0.4, -0.2) is 56.5 Å². The van der Waals surface area contributed by atoms with E-state index in [4.69, 9.17) is 32.7 Å². The normalized spacial score (nSPS) is 19.7. The first-order valence-corrected chi connectivity index (χ1v) is 11.3. The van der Waals surface area contributed by atoms with Crippen LogP contribution in [0.15, 0.2) is 30.5 Å². The third-order valence-corrected chi connectivity index (χ3v) is 6.15. The molecule has 2 saturated heterocycles. The number of aromatic nitrogens is 1. The van der Waals surface area contributed by atoms with Crippen LogP contribution in [0, 0.1) is 5.92 Å². The fraction of sp³-hybridized carbons (Fsp3) is 0.455. The molecule has 0 unspecified atom stereocenters. The number of hydrogen-bond donors (Lipinski definition) is 3. The van der Waals surface area contributed by atoms with E-state index in [1.54, 1.807) is 6.07 Å². The highest BCUT2D eigenvalue weighted by atomic mass is 35.5. The van der Waals surface area contributed by atoms with E-state index in [0.29, 0.717) is 40.5 Å². The number of nitrogens with zero attached hydrogens (tertiary/aromatic N) is 1. The van der Waals surface area contributed by atoms with Crippen molar-refractivity contribution in [1.29, 1.82) is 0 Å². The zero-order valence-corrected chi connectivity index (χ0v) is 18.6. The zero-order valence-electron chi connectivity index (χ0n) is 17.1. The Balaban J connectivity index is 1.49. The maximum atomic E-state index is 12.5. The number of anilines is 2. The second-order valence-electron chi connectivity index (χ2n) is 7.73. The van der Waals surface area contributed by atoms with Gasteiger partial charge in [-0.1, -0.05) is 23.2 Å². The van der Waals surface area contributed by atoms with Gasteiger partial charge in [0.25, 0.3) is 5.91 Å². The minimum Gasteiger partial charge on any atom is -0.385 e. The van der Waals surface area contributed by atoms with Crippen LogP contribution < -0.4 is 16.0 Å². The molecule has 166 valence electrons. The lowest BCUT2D eigenvalue weighted by Gasteiger charge is -2.23. The minimum absolute atomic E-state index is 0.244. The van der Waals surface area contributed by atoms with Gasteiger partial charge in [-0.3, -0.25) is 4.79 Å². The highest BCUT2D eigenvalue weighted by Crippen LogP contribution is 2.36. The number of morpholine rings is 1. The van der Waals surface area contributed by atoms with Crippen LogP contribution in [0.1, 0.15) is 12.8 Å². The zero-order chi connectivity index (χ0) is 21.6. The van der Waals surface area contributed by atoms with Gasteiger partial charge in [-0.05, 0) is 43.0 Å². The summed E-state index contributed by atoms with van der Waals surface area (Å²) in [5.74, 6) is 0.747. The van der Waals surface area contributed by atoms with Crippen molar-refractivity contribution in [3.05, 3.63) is 40.5 Å². The molecule has 2 aliphatic rings. The topological polar surface area (TPSA) is 84.5 Å². The molecule has 2 aliphatic heterocycles. The van der Waals surface area contributed by atoms with Crippen molar-refractivity contribution in [3.63, 3.8) is 0 Å². The van der Waals surface area contributed by atoms with Crippen molar-refractivity contribution in [3.8, 4) is 11.1 Å². The van der Waals surface area contributed by atoms with Crippen molar-refractivity contribution >= 4 is 40.6 Å². The van der Waals surface area contributed by atoms with E-state index < -0.39 is 6.10 Å². The van der Waals surface area contributed by atoms with Gasteiger partial charge < -0.3 is 25.4 Å². The standard InChI is InChI=1S/C22H26Cl2N4O3/c23-18-2-1-15(26-11-14-3-6-30-7-4-14)9-16(18)17-10-21(27-12-19(17)24)28-22(29)20-13-25-5-8-31-20/h1-2,9-10,12,14,20,25-26H,3-8,11,13H2,(H,27,28,29)/t20-/m1/s1. The van der Waals surface area contributed by atoms with E-state index in [1.165, 1.54) is 6.20 Å². The van der Waals surface area contributed by atoms with Crippen molar-refractivity contribution in [2.24, 2.45) is 5.92 Å². The molecule has 2 fully saturated rings. The van der Waals surface area contributed by atoms with E-state index in [9.17, 15) is 4.79 Å². The first-order valence-electron chi connectivity index (χ1n) is 10.5. The van der Waals surface area contributed by atoms with Crippen LogP contribution in [0.5, 0.6) is 0 Å². The third kappa shape index (κ3) is 5.87. The molecule has 3 heterocycles. The van der Waals surface area contributed by atoms with Crippen LogP contribution in [0.25, 0.3) is 11.1 Å². The molecule has 0 bridgehead atoms. The van der Waals surface area contributed by atoms with E-state index in [0.717, 1.165) is 50.4 Å². The average molecular weight is 465 g/mol. The SMILES string of the molecule is O=C(Nc1cc(-c2cc(NCC3CCOCC3)ccc2Cl)c(Cl)cn1)[C@H]1CNCCO1. The molecule has 0 saturated carbocycles. The summed E-state index contributed by atoms with van der Waals surface area (Å²) in [5.41, 5.74) is 2.44. The third-order valence-electron chi connectivity index (χ3n) is 5.52. The summed E-state index contributed by atoms with van der Waals surface area (Å²) < 4.78 is 10.9. The number of amides is 1. The summed E-state index contributed by atoms with van der Waals surface area (Å²) in [6.45, 7) is 4.23. The fourth-order valence-electron chi connectivity index (χ4n) is 3.71. The molecule has 4 rings (SSSR count). The van der Waals surface area contributed by atoms with Gasteiger partial charge in [0, 0.05) is 60.9 Å². The van der Waals surface area contributed by atoms with Crippen LogP contribution in [0.4, 0.5) is 11.5 Å². The fourth-order valence-corrected chi connectivity index (χ4v) is 4.13. The van der Waals surface area contributed by atoms with Gasteiger partial charge in [-0.15, -0.1) is 0 Å². The highest BCUT2D eigenvalue weighted by Gasteiger charge is 2.22.